The Morgan fingerprint density at radius 1 is 0.796 bits per heavy atom. The van der Waals surface area contributed by atoms with E-state index in [0.29, 0.717) is 37.8 Å². The molecule has 294 valence electrons. The number of nitrogens with two attached hydrogens (primary N) is 2. The number of aromatic nitrogens is 2. The zero-order valence-corrected chi connectivity index (χ0v) is 32.0. The Kier molecular flexibility index (Phi) is 17.0. The average Bonchev–Trinajstić information content (AvgIpc) is 3.16. The van der Waals surface area contributed by atoms with E-state index in [1.165, 1.54) is 11.1 Å². The molecular weight excluding hydrogens is 716 g/mol. The number of nitrogens with zero attached hydrogens (tertiary/aromatic N) is 3. The van der Waals surface area contributed by atoms with Crippen LogP contribution in [-0.2, 0) is 31.9 Å². The number of hydrogen-bond acceptors (Lipinski definition) is 11. The summed E-state index contributed by atoms with van der Waals surface area (Å²) in [5.74, 6) is 0.369. The van der Waals surface area contributed by atoms with Gasteiger partial charge in [0.2, 0.25) is 0 Å². The number of quaternary nitrogens is 1. The van der Waals surface area contributed by atoms with Crippen LogP contribution in [0.2, 0.25) is 5.15 Å². The van der Waals surface area contributed by atoms with Gasteiger partial charge in [0.05, 0.1) is 45.4 Å². The highest BCUT2D eigenvalue weighted by Crippen LogP contribution is 2.25. The van der Waals surface area contributed by atoms with E-state index in [1.54, 1.807) is 14.2 Å². The fraction of sp³-hybridized carbons (Fsp3) is 0.500. The van der Waals surface area contributed by atoms with Crippen LogP contribution < -0.4 is 36.9 Å². The first-order valence-electron chi connectivity index (χ1n) is 18.3. The first-order chi connectivity index (χ1) is 26.1. The van der Waals surface area contributed by atoms with Gasteiger partial charge in [-0.2, -0.15) is 0 Å². The molecule has 0 spiro atoms. The number of nitrogen functional groups attached to an aromatic ring is 2. The molecule has 1 fully saturated rings. The highest BCUT2D eigenvalue weighted by atomic mass is 35.5. The second-order valence-electron chi connectivity index (χ2n) is 13.4. The number of carbonyl (C=O) groups excluding carboxylic acids is 3. The minimum absolute atomic E-state index is 0.0226. The number of aryl methyl sites for hydroxylation is 2. The minimum Gasteiger partial charge on any atom is -0.484 e. The van der Waals surface area contributed by atoms with Crippen LogP contribution in [0.5, 0.6) is 11.5 Å². The summed E-state index contributed by atoms with van der Waals surface area (Å²) in [6.07, 6.45) is 5.41. The van der Waals surface area contributed by atoms with Gasteiger partial charge < -0.3 is 50.8 Å². The molecule has 4 rings (SSSR count). The molecule has 3 aromatic rings. The van der Waals surface area contributed by atoms with Crippen LogP contribution >= 0.6 is 11.6 Å². The molecule has 15 nitrogen and oxygen atoms in total. The number of ether oxygens (including phenoxy) is 4. The van der Waals surface area contributed by atoms with Crippen molar-refractivity contribution in [3.05, 3.63) is 70.5 Å². The molecule has 2 aromatic carbocycles. The molecule has 0 radical (unpaired) electrons. The van der Waals surface area contributed by atoms with E-state index in [0.717, 1.165) is 69.2 Å². The Labute approximate surface area is 322 Å². The van der Waals surface area contributed by atoms with Crippen LogP contribution in [0.3, 0.4) is 0 Å². The summed E-state index contributed by atoms with van der Waals surface area (Å²) in [4.78, 5) is 45.3. The van der Waals surface area contributed by atoms with E-state index in [4.69, 9.17) is 42.0 Å². The van der Waals surface area contributed by atoms with E-state index in [-0.39, 0.29) is 53.6 Å². The van der Waals surface area contributed by atoms with Crippen molar-refractivity contribution >= 4 is 41.0 Å². The summed E-state index contributed by atoms with van der Waals surface area (Å²) in [6.45, 7) is 5.28. The van der Waals surface area contributed by atoms with Gasteiger partial charge >= 0.3 is 0 Å². The predicted octanol–water partition coefficient (Wildman–Crippen LogP) is 2.55. The standard InChI is InChI=1S/C38H53ClN8O7/c1-51-22-17-42-32(48)25-53-30-13-9-27(10-14-30)6-3-19-47(20-4-7-28-11-15-31(16-12-28)54-26-33(49)43-18-23-52-2)21-5-8-29(24-47)44-38(50)34-36(40)46-37(41)35(39)45-34/h9-16,29H,3-8,17-26H2,1-2H3,(H6-,40,41,42,43,44,46,48,49,50)/p+1. The normalized spacial score (nSPS) is 14.9. The number of likely N-dealkylation sites (tertiary alicyclic amines) is 1. The van der Waals surface area contributed by atoms with E-state index in [9.17, 15) is 14.4 Å². The third kappa shape index (κ3) is 13.9. The molecule has 0 bridgehead atoms. The van der Waals surface area contributed by atoms with Gasteiger partial charge in [0.1, 0.15) is 11.5 Å². The van der Waals surface area contributed by atoms with Crippen LogP contribution in [0.4, 0.5) is 11.6 Å². The summed E-state index contributed by atoms with van der Waals surface area (Å²) in [6, 6.07) is 15.6. The number of amides is 3. The Hall–Kier alpha value is -4.70. The quantitative estimate of drug-likeness (QED) is 0.0743. The van der Waals surface area contributed by atoms with Crippen molar-refractivity contribution in [1.82, 2.24) is 25.9 Å². The topological polar surface area (TPSA) is 202 Å². The molecule has 0 aliphatic carbocycles. The molecule has 3 amide bonds. The first-order valence-corrected chi connectivity index (χ1v) is 18.7. The number of hydrogen-bond donors (Lipinski definition) is 5. The lowest BCUT2D eigenvalue weighted by atomic mass is 9.99. The number of methoxy groups -OCH3 is 2. The zero-order chi connectivity index (χ0) is 38.8. The van der Waals surface area contributed by atoms with Crippen LogP contribution in [0, 0.1) is 0 Å². The maximum absolute atomic E-state index is 13.3. The molecule has 1 aliphatic rings. The third-order valence-corrected chi connectivity index (χ3v) is 9.57. The van der Waals surface area contributed by atoms with Gasteiger partial charge in [0.15, 0.2) is 35.7 Å². The molecule has 1 saturated heterocycles. The van der Waals surface area contributed by atoms with E-state index < -0.39 is 5.91 Å². The molecule has 7 N–H and O–H groups in total. The molecule has 1 atom stereocenters. The van der Waals surface area contributed by atoms with Crippen molar-refractivity contribution in [1.29, 1.82) is 0 Å². The Morgan fingerprint density at radius 3 is 1.81 bits per heavy atom. The van der Waals surface area contributed by atoms with Crippen molar-refractivity contribution in [2.24, 2.45) is 0 Å². The fourth-order valence-corrected chi connectivity index (χ4v) is 6.67. The predicted molar refractivity (Wildman–Crippen MR) is 206 cm³/mol. The molecule has 2 heterocycles. The summed E-state index contributed by atoms with van der Waals surface area (Å²) in [5.41, 5.74) is 14.0. The van der Waals surface area contributed by atoms with E-state index in [1.807, 2.05) is 48.5 Å². The SMILES string of the molecule is COCCNC(=O)COc1ccc(CCC[N+]2(CCCc3ccc(OCC(=O)NCCOC)cc3)CCCC(NC(=O)c3nc(Cl)c(N)nc3N)C2)cc1. The molecular formula is C38H54ClN8O7+. The average molecular weight is 770 g/mol. The largest absolute Gasteiger partial charge is 0.484 e. The van der Waals surface area contributed by atoms with E-state index >= 15 is 0 Å². The van der Waals surface area contributed by atoms with Crippen LogP contribution in [0.1, 0.15) is 47.3 Å². The number of piperidine rings is 1. The maximum Gasteiger partial charge on any atom is 0.274 e. The van der Waals surface area contributed by atoms with Crippen molar-refractivity contribution in [2.45, 2.75) is 44.6 Å². The minimum atomic E-state index is -0.420. The number of benzene rings is 2. The van der Waals surface area contributed by atoms with Crippen LogP contribution in [0.25, 0.3) is 0 Å². The van der Waals surface area contributed by atoms with Crippen molar-refractivity contribution < 1.29 is 37.8 Å². The Bertz CT molecular complexity index is 1570. The summed E-state index contributed by atoms with van der Waals surface area (Å²) >= 11 is 6.06. The summed E-state index contributed by atoms with van der Waals surface area (Å²) in [7, 11) is 3.17. The van der Waals surface area contributed by atoms with Gasteiger partial charge in [-0.25, -0.2) is 9.97 Å². The highest BCUT2D eigenvalue weighted by molar-refractivity contribution is 6.31. The van der Waals surface area contributed by atoms with Gasteiger partial charge in [-0.15, -0.1) is 0 Å². The van der Waals surface area contributed by atoms with Crippen molar-refractivity contribution in [2.75, 3.05) is 91.4 Å². The van der Waals surface area contributed by atoms with Gasteiger partial charge in [0.25, 0.3) is 17.7 Å². The Balaban J connectivity index is 1.35. The van der Waals surface area contributed by atoms with Gasteiger partial charge in [-0.05, 0) is 61.1 Å². The second-order valence-corrected chi connectivity index (χ2v) is 13.8. The number of halogens is 1. The lowest BCUT2D eigenvalue weighted by Crippen LogP contribution is -2.60. The fourth-order valence-electron chi connectivity index (χ4n) is 6.55. The summed E-state index contributed by atoms with van der Waals surface area (Å²) < 4.78 is 22.0. The summed E-state index contributed by atoms with van der Waals surface area (Å²) in [5, 5.41) is 8.56. The molecule has 16 heteroatoms. The van der Waals surface area contributed by atoms with Crippen LogP contribution in [-0.4, -0.2) is 118 Å². The molecule has 1 unspecified atom stereocenters. The smallest absolute Gasteiger partial charge is 0.274 e. The number of rotatable bonds is 22. The molecule has 1 aromatic heterocycles. The Morgan fingerprint density at radius 2 is 1.31 bits per heavy atom. The van der Waals surface area contributed by atoms with Crippen molar-refractivity contribution in [3.63, 3.8) is 0 Å². The lowest BCUT2D eigenvalue weighted by Gasteiger charge is -2.45. The van der Waals surface area contributed by atoms with Crippen molar-refractivity contribution in [3.8, 4) is 11.5 Å². The molecule has 1 aliphatic heterocycles. The monoisotopic (exact) mass is 769 g/mol. The number of nitrogens with one attached hydrogen (secondary N) is 3. The van der Waals surface area contributed by atoms with Crippen LogP contribution in [0.15, 0.2) is 48.5 Å². The van der Waals surface area contributed by atoms with Gasteiger partial charge in [0, 0.05) is 40.2 Å². The first kappa shape index (κ1) is 42.0. The highest BCUT2D eigenvalue weighted by Gasteiger charge is 2.35. The molecule has 0 saturated carbocycles. The number of carbonyl (C=O) groups is 3. The lowest BCUT2D eigenvalue weighted by molar-refractivity contribution is -0.933. The zero-order valence-electron chi connectivity index (χ0n) is 31.2. The maximum atomic E-state index is 13.3. The number of anilines is 2. The van der Waals surface area contributed by atoms with Gasteiger partial charge in [-0.3, -0.25) is 14.4 Å². The second kappa shape index (κ2) is 21.9. The molecule has 54 heavy (non-hydrogen) atoms. The third-order valence-electron chi connectivity index (χ3n) is 9.29. The van der Waals surface area contributed by atoms with E-state index in [2.05, 4.69) is 25.9 Å². The van der Waals surface area contributed by atoms with Gasteiger partial charge in [-0.1, -0.05) is 35.9 Å².